The van der Waals surface area contributed by atoms with Crippen LogP contribution in [0, 0.1) is 0 Å². The molecule has 1 unspecified atom stereocenters. The van der Waals surface area contributed by atoms with Crippen LogP contribution in [0.4, 0.5) is 11.4 Å². The van der Waals surface area contributed by atoms with E-state index in [-0.39, 0.29) is 5.78 Å². The highest BCUT2D eigenvalue weighted by atomic mass is 16.1. The molecule has 6 heteroatoms. The van der Waals surface area contributed by atoms with Gasteiger partial charge in [-0.1, -0.05) is 26.8 Å². The SMILES string of the molecule is C=C(Nc1ccc(C(C)=O)cc1)N1CCCC(Nc2ccc3[nH]ncc3c2)C1.CCC. The predicted octanol–water partition coefficient (Wildman–Crippen LogP) is 5.64. The van der Waals surface area contributed by atoms with Gasteiger partial charge >= 0.3 is 0 Å². The zero-order valence-corrected chi connectivity index (χ0v) is 18.7. The van der Waals surface area contributed by atoms with Crippen LogP contribution < -0.4 is 10.6 Å². The number of aromatic amines is 1. The van der Waals surface area contributed by atoms with E-state index in [0.29, 0.717) is 11.6 Å². The fourth-order valence-corrected chi connectivity index (χ4v) is 3.64. The first kappa shape index (κ1) is 22.4. The van der Waals surface area contributed by atoms with Gasteiger partial charge in [0.15, 0.2) is 5.78 Å². The van der Waals surface area contributed by atoms with E-state index in [2.05, 4.69) is 64.4 Å². The molecule has 31 heavy (non-hydrogen) atoms. The minimum absolute atomic E-state index is 0.0731. The second-order valence-electron chi connectivity index (χ2n) is 8.01. The van der Waals surface area contributed by atoms with E-state index < -0.39 is 0 Å². The first-order chi connectivity index (χ1) is 15.0. The van der Waals surface area contributed by atoms with Gasteiger partial charge in [0.05, 0.1) is 17.5 Å². The maximum absolute atomic E-state index is 11.4. The number of nitrogens with one attached hydrogen (secondary N) is 3. The number of likely N-dealkylation sites (tertiary alicyclic amines) is 1. The summed E-state index contributed by atoms with van der Waals surface area (Å²) in [5.74, 6) is 0.955. The van der Waals surface area contributed by atoms with Crippen LogP contribution >= 0.6 is 0 Å². The van der Waals surface area contributed by atoms with Crippen molar-refractivity contribution >= 4 is 28.1 Å². The predicted molar refractivity (Wildman–Crippen MR) is 129 cm³/mol. The number of rotatable bonds is 6. The van der Waals surface area contributed by atoms with Crippen molar-refractivity contribution in [2.45, 2.75) is 46.1 Å². The Hall–Kier alpha value is -3.28. The third kappa shape index (κ3) is 6.10. The number of anilines is 2. The average Bonchev–Trinajstić information content (AvgIpc) is 3.23. The van der Waals surface area contributed by atoms with Gasteiger partial charge in [0.2, 0.25) is 0 Å². The van der Waals surface area contributed by atoms with E-state index in [1.807, 2.05) is 30.5 Å². The molecule has 2 aromatic carbocycles. The molecule has 2 heterocycles. The molecule has 1 aliphatic heterocycles. The Kier molecular flexibility index (Phi) is 7.70. The fourth-order valence-electron chi connectivity index (χ4n) is 3.64. The quantitative estimate of drug-likeness (QED) is 0.451. The van der Waals surface area contributed by atoms with Crippen molar-refractivity contribution in [3.05, 3.63) is 66.6 Å². The van der Waals surface area contributed by atoms with Crippen LogP contribution in [0.15, 0.2) is 61.1 Å². The number of hydrogen-bond acceptors (Lipinski definition) is 5. The summed E-state index contributed by atoms with van der Waals surface area (Å²) in [5, 5.41) is 15.2. The van der Waals surface area contributed by atoms with Gasteiger partial charge in [-0.3, -0.25) is 9.89 Å². The van der Waals surface area contributed by atoms with Crippen LogP contribution in [0.25, 0.3) is 10.9 Å². The highest BCUT2D eigenvalue weighted by molar-refractivity contribution is 5.94. The summed E-state index contributed by atoms with van der Waals surface area (Å²) in [5.41, 5.74) is 3.81. The van der Waals surface area contributed by atoms with E-state index in [1.54, 1.807) is 6.92 Å². The van der Waals surface area contributed by atoms with Gasteiger partial charge < -0.3 is 15.5 Å². The molecule has 0 bridgehead atoms. The smallest absolute Gasteiger partial charge is 0.159 e. The van der Waals surface area contributed by atoms with Crippen molar-refractivity contribution in [3.8, 4) is 0 Å². The fraction of sp³-hybridized carbons (Fsp3) is 0.360. The van der Waals surface area contributed by atoms with Crippen molar-refractivity contribution in [2.24, 2.45) is 0 Å². The molecule has 0 spiro atoms. The lowest BCUT2D eigenvalue weighted by molar-refractivity contribution is 0.101. The standard InChI is InChI=1S/C22H25N5O.C3H8/c1-15(28)17-5-7-19(8-6-17)24-16(2)27-11-3-4-21(14-27)25-20-9-10-22-18(12-20)13-23-26-22;1-3-2/h5-10,12-13,21,24-25H,2-4,11,14H2,1H3,(H,23,26);3H2,1-2H3. The third-order valence-corrected chi connectivity index (χ3v) is 5.19. The molecule has 1 fully saturated rings. The Morgan fingerprint density at radius 2 is 1.90 bits per heavy atom. The van der Waals surface area contributed by atoms with Crippen LogP contribution in [0.2, 0.25) is 0 Å². The second-order valence-corrected chi connectivity index (χ2v) is 8.01. The van der Waals surface area contributed by atoms with Crippen molar-refractivity contribution in [1.29, 1.82) is 0 Å². The van der Waals surface area contributed by atoms with Crippen molar-refractivity contribution in [3.63, 3.8) is 0 Å². The summed E-state index contributed by atoms with van der Waals surface area (Å²) in [7, 11) is 0. The molecule has 1 saturated heterocycles. The van der Waals surface area contributed by atoms with Crippen LogP contribution in [0.3, 0.4) is 0 Å². The number of fused-ring (bicyclic) bond motifs is 1. The molecule has 4 rings (SSSR count). The topological polar surface area (TPSA) is 73.1 Å². The molecule has 0 saturated carbocycles. The van der Waals surface area contributed by atoms with Gasteiger partial charge in [-0.15, -0.1) is 0 Å². The van der Waals surface area contributed by atoms with Gasteiger partial charge in [-0.2, -0.15) is 5.10 Å². The van der Waals surface area contributed by atoms with Crippen LogP contribution in [-0.2, 0) is 0 Å². The molecular formula is C25H33N5O. The monoisotopic (exact) mass is 419 g/mol. The molecule has 6 nitrogen and oxygen atoms in total. The maximum atomic E-state index is 11.4. The van der Waals surface area contributed by atoms with Gasteiger partial charge in [0.25, 0.3) is 0 Å². The number of carbonyl (C=O) groups excluding carboxylic acids is 1. The van der Waals surface area contributed by atoms with Gasteiger partial charge in [-0.25, -0.2) is 0 Å². The van der Waals surface area contributed by atoms with Crippen LogP contribution in [-0.4, -0.2) is 40.0 Å². The summed E-state index contributed by atoms with van der Waals surface area (Å²) < 4.78 is 0. The normalized spacial score (nSPS) is 15.7. The van der Waals surface area contributed by atoms with Crippen molar-refractivity contribution in [2.75, 3.05) is 23.7 Å². The lowest BCUT2D eigenvalue weighted by atomic mass is 10.1. The molecule has 1 aliphatic rings. The molecule has 0 radical (unpaired) electrons. The highest BCUT2D eigenvalue weighted by Gasteiger charge is 2.21. The Morgan fingerprint density at radius 3 is 2.61 bits per heavy atom. The number of piperidine rings is 1. The average molecular weight is 420 g/mol. The number of benzene rings is 2. The number of nitrogens with zero attached hydrogens (tertiary/aromatic N) is 2. The molecule has 1 atom stereocenters. The molecule has 3 N–H and O–H groups in total. The Labute approximate surface area is 184 Å². The summed E-state index contributed by atoms with van der Waals surface area (Å²) in [6.45, 7) is 11.9. The summed E-state index contributed by atoms with van der Waals surface area (Å²) in [6.07, 6.45) is 5.33. The first-order valence-corrected chi connectivity index (χ1v) is 11.0. The van der Waals surface area contributed by atoms with Gasteiger partial charge in [0.1, 0.15) is 0 Å². The lowest BCUT2D eigenvalue weighted by Crippen LogP contribution is -2.42. The first-order valence-electron chi connectivity index (χ1n) is 11.0. The second kappa shape index (κ2) is 10.7. The summed E-state index contributed by atoms with van der Waals surface area (Å²) >= 11 is 0. The number of carbonyl (C=O) groups is 1. The van der Waals surface area contributed by atoms with E-state index in [1.165, 1.54) is 6.42 Å². The molecule has 0 aliphatic carbocycles. The molecule has 1 aromatic heterocycles. The molecular weight excluding hydrogens is 386 g/mol. The van der Waals surface area contributed by atoms with E-state index >= 15 is 0 Å². The minimum Gasteiger partial charge on any atom is -0.381 e. The number of hydrogen-bond donors (Lipinski definition) is 3. The Balaban J connectivity index is 0.000000858. The number of aromatic nitrogens is 2. The molecule has 3 aromatic rings. The number of Topliss-reactive ketones (excluding diaryl/α,β-unsaturated/α-hetero) is 1. The van der Waals surface area contributed by atoms with Crippen molar-refractivity contribution in [1.82, 2.24) is 15.1 Å². The van der Waals surface area contributed by atoms with E-state index in [4.69, 9.17) is 0 Å². The molecule has 164 valence electrons. The maximum Gasteiger partial charge on any atom is 0.159 e. The van der Waals surface area contributed by atoms with Crippen molar-refractivity contribution < 1.29 is 4.79 Å². The highest BCUT2D eigenvalue weighted by Crippen LogP contribution is 2.22. The zero-order valence-electron chi connectivity index (χ0n) is 18.7. The summed E-state index contributed by atoms with van der Waals surface area (Å²) in [6, 6.07) is 14.1. The number of ketones is 1. The zero-order chi connectivity index (χ0) is 22.2. The van der Waals surface area contributed by atoms with Gasteiger partial charge in [0, 0.05) is 41.5 Å². The van der Waals surface area contributed by atoms with Crippen LogP contribution in [0.5, 0.6) is 0 Å². The van der Waals surface area contributed by atoms with E-state index in [9.17, 15) is 4.79 Å². The lowest BCUT2D eigenvalue weighted by Gasteiger charge is -2.36. The minimum atomic E-state index is 0.0731. The Bertz CT molecular complexity index is 1010. The Morgan fingerprint density at radius 1 is 1.19 bits per heavy atom. The largest absolute Gasteiger partial charge is 0.381 e. The third-order valence-electron chi connectivity index (χ3n) is 5.19. The van der Waals surface area contributed by atoms with Crippen LogP contribution in [0.1, 0.15) is 50.4 Å². The molecule has 0 amide bonds. The van der Waals surface area contributed by atoms with E-state index in [0.717, 1.165) is 54.0 Å². The number of H-pyrrole nitrogens is 1. The summed E-state index contributed by atoms with van der Waals surface area (Å²) in [4.78, 5) is 13.7. The van der Waals surface area contributed by atoms with Gasteiger partial charge in [-0.05, 0) is 62.2 Å².